The Kier molecular flexibility index (Phi) is 3.90. The first kappa shape index (κ1) is 15.3. The van der Waals surface area contributed by atoms with Gasteiger partial charge in [-0.15, -0.1) is 0 Å². The van der Waals surface area contributed by atoms with E-state index in [4.69, 9.17) is 0 Å². The van der Waals surface area contributed by atoms with Crippen LogP contribution in [0.2, 0.25) is 0 Å². The zero-order chi connectivity index (χ0) is 17.2. The van der Waals surface area contributed by atoms with E-state index in [2.05, 4.69) is 15.4 Å². The van der Waals surface area contributed by atoms with E-state index in [1.54, 1.807) is 22.5 Å². The van der Waals surface area contributed by atoms with Crippen molar-refractivity contribution in [3.05, 3.63) is 70.0 Å². The van der Waals surface area contributed by atoms with Crippen LogP contribution in [0.1, 0.15) is 5.56 Å². The molecular formula is C16H14N6O2S. The lowest BCUT2D eigenvalue weighted by atomic mass is 10.1. The molecule has 0 aliphatic carbocycles. The molecule has 1 N–H and O–H groups in total. The average molecular weight is 354 g/mol. The van der Waals surface area contributed by atoms with E-state index >= 15 is 0 Å². The summed E-state index contributed by atoms with van der Waals surface area (Å²) < 4.78 is 3.29. The van der Waals surface area contributed by atoms with E-state index < -0.39 is 4.92 Å². The third kappa shape index (κ3) is 2.96. The molecule has 0 unspecified atom stereocenters. The Hall–Kier alpha value is -3.20. The monoisotopic (exact) mass is 354 g/mol. The van der Waals surface area contributed by atoms with Crippen LogP contribution < -0.4 is 5.32 Å². The van der Waals surface area contributed by atoms with Crippen LogP contribution in [0, 0.1) is 10.1 Å². The fourth-order valence-corrected chi connectivity index (χ4v) is 3.34. The minimum Gasteiger partial charge on any atom is -0.363 e. The summed E-state index contributed by atoms with van der Waals surface area (Å²) in [6, 6.07) is 9.92. The molecule has 9 heteroatoms. The summed E-state index contributed by atoms with van der Waals surface area (Å²) in [5, 5.41) is 20.3. The molecule has 1 aromatic carbocycles. The van der Waals surface area contributed by atoms with Crippen LogP contribution in [0.25, 0.3) is 10.6 Å². The Morgan fingerprint density at radius 2 is 2.08 bits per heavy atom. The normalized spacial score (nSPS) is 11.0. The summed E-state index contributed by atoms with van der Waals surface area (Å²) in [5.74, 6) is 0.287. The van der Waals surface area contributed by atoms with Gasteiger partial charge >= 0.3 is 5.82 Å². The zero-order valence-corrected chi connectivity index (χ0v) is 13.9. The second-order valence-electron chi connectivity index (χ2n) is 5.39. The van der Waals surface area contributed by atoms with Gasteiger partial charge in [0.2, 0.25) is 5.82 Å². The largest absolute Gasteiger partial charge is 0.372 e. The third-order valence-electron chi connectivity index (χ3n) is 3.82. The maximum absolute atomic E-state index is 11.3. The Morgan fingerprint density at radius 1 is 1.24 bits per heavy atom. The lowest BCUT2D eigenvalue weighted by Crippen LogP contribution is -2.07. The second kappa shape index (κ2) is 6.36. The van der Waals surface area contributed by atoms with Crippen molar-refractivity contribution in [3.63, 3.8) is 0 Å². The number of benzene rings is 1. The van der Waals surface area contributed by atoms with E-state index in [1.165, 1.54) is 15.7 Å². The predicted octanol–water partition coefficient (Wildman–Crippen LogP) is 3.14. The molecule has 0 aliphatic rings. The molecule has 0 bridgehead atoms. The molecule has 126 valence electrons. The quantitative estimate of drug-likeness (QED) is 0.424. The number of thiazole rings is 1. The van der Waals surface area contributed by atoms with Gasteiger partial charge in [0, 0.05) is 24.3 Å². The van der Waals surface area contributed by atoms with Crippen LogP contribution in [-0.2, 0) is 6.42 Å². The molecule has 0 aliphatic heterocycles. The highest BCUT2D eigenvalue weighted by atomic mass is 32.1. The minimum absolute atomic E-state index is 0.0229. The highest BCUT2D eigenvalue weighted by molar-refractivity contribution is 7.15. The van der Waals surface area contributed by atoms with Gasteiger partial charge in [-0.25, -0.2) is 4.68 Å². The van der Waals surface area contributed by atoms with E-state index in [1.807, 2.05) is 36.5 Å². The van der Waals surface area contributed by atoms with E-state index in [-0.39, 0.29) is 5.82 Å². The number of rotatable bonds is 6. The predicted molar refractivity (Wildman–Crippen MR) is 95.5 cm³/mol. The fourth-order valence-electron chi connectivity index (χ4n) is 2.63. The average Bonchev–Trinajstić information content (AvgIpc) is 3.32. The molecule has 0 radical (unpaired) electrons. The maximum atomic E-state index is 11.3. The molecule has 0 amide bonds. The SMILES string of the molecule is O=[N+]([O-])c1c(NCCc2ccc(-n3cccn3)cc2)nc2sccn12. The molecule has 0 atom stereocenters. The van der Waals surface area contributed by atoms with Gasteiger partial charge in [-0.1, -0.05) is 23.5 Å². The smallest absolute Gasteiger partial charge is 0.363 e. The van der Waals surface area contributed by atoms with Crippen molar-refractivity contribution < 1.29 is 4.92 Å². The summed E-state index contributed by atoms with van der Waals surface area (Å²) in [6.07, 6.45) is 6.02. The zero-order valence-electron chi connectivity index (χ0n) is 13.1. The number of hydrogen-bond acceptors (Lipinski definition) is 6. The van der Waals surface area contributed by atoms with Crippen molar-refractivity contribution in [2.24, 2.45) is 0 Å². The fraction of sp³-hybridized carbons (Fsp3) is 0.125. The molecule has 0 spiro atoms. The van der Waals surface area contributed by atoms with Crippen molar-refractivity contribution in [2.45, 2.75) is 6.42 Å². The Labute approximate surface area is 146 Å². The summed E-state index contributed by atoms with van der Waals surface area (Å²) in [6.45, 7) is 0.562. The van der Waals surface area contributed by atoms with Crippen LogP contribution in [0.5, 0.6) is 0 Å². The van der Waals surface area contributed by atoms with Gasteiger partial charge < -0.3 is 15.4 Å². The van der Waals surface area contributed by atoms with Crippen molar-refractivity contribution in [3.8, 4) is 5.69 Å². The lowest BCUT2D eigenvalue weighted by Gasteiger charge is -2.06. The first-order valence-corrected chi connectivity index (χ1v) is 8.53. The number of aromatic nitrogens is 4. The van der Waals surface area contributed by atoms with Crippen molar-refractivity contribution in [1.29, 1.82) is 0 Å². The van der Waals surface area contributed by atoms with Gasteiger partial charge in [0.1, 0.15) is 6.20 Å². The summed E-state index contributed by atoms with van der Waals surface area (Å²) in [4.78, 5) is 15.8. The lowest BCUT2D eigenvalue weighted by molar-refractivity contribution is -0.389. The third-order valence-corrected chi connectivity index (χ3v) is 4.58. The first-order valence-electron chi connectivity index (χ1n) is 7.65. The standard InChI is InChI=1S/C16H14N6O2S/c23-22(24)15-14(19-16-20(15)10-11-25-16)17-8-6-12-2-4-13(5-3-12)21-9-1-7-18-21/h1-5,7,9-11,17H,6,8H2. The number of imidazole rings is 1. The number of fused-ring (bicyclic) bond motifs is 1. The second-order valence-corrected chi connectivity index (χ2v) is 6.26. The Bertz CT molecular complexity index is 1000. The number of nitrogens with zero attached hydrogens (tertiary/aromatic N) is 5. The molecule has 4 aromatic rings. The maximum Gasteiger partial charge on any atom is 0.372 e. The molecule has 0 saturated carbocycles. The highest BCUT2D eigenvalue weighted by Crippen LogP contribution is 2.27. The Balaban J connectivity index is 1.43. The molecular weight excluding hydrogens is 340 g/mol. The van der Waals surface area contributed by atoms with E-state index in [0.717, 1.165) is 17.7 Å². The molecule has 0 saturated heterocycles. The molecule has 3 aromatic heterocycles. The number of hydrogen-bond donors (Lipinski definition) is 1. The van der Waals surface area contributed by atoms with Gasteiger partial charge in [-0.05, 0) is 35.1 Å². The number of anilines is 1. The van der Waals surface area contributed by atoms with Crippen molar-refractivity contribution in [2.75, 3.05) is 11.9 Å². The van der Waals surface area contributed by atoms with Crippen molar-refractivity contribution in [1.82, 2.24) is 19.2 Å². The van der Waals surface area contributed by atoms with Crippen LogP contribution in [0.3, 0.4) is 0 Å². The summed E-state index contributed by atoms with van der Waals surface area (Å²) >= 11 is 1.37. The topological polar surface area (TPSA) is 90.3 Å². The van der Waals surface area contributed by atoms with Crippen LogP contribution in [0.15, 0.2) is 54.3 Å². The number of nitro groups is 1. The van der Waals surface area contributed by atoms with Gasteiger partial charge in [0.05, 0.1) is 5.69 Å². The highest BCUT2D eigenvalue weighted by Gasteiger charge is 2.23. The van der Waals surface area contributed by atoms with Crippen LogP contribution in [0.4, 0.5) is 11.6 Å². The van der Waals surface area contributed by atoms with E-state index in [9.17, 15) is 10.1 Å². The van der Waals surface area contributed by atoms with E-state index in [0.29, 0.717) is 17.3 Å². The molecule has 3 heterocycles. The van der Waals surface area contributed by atoms with Crippen LogP contribution >= 0.6 is 11.3 Å². The van der Waals surface area contributed by atoms with Gasteiger partial charge in [-0.2, -0.15) is 14.5 Å². The van der Waals surface area contributed by atoms with Crippen LogP contribution in [-0.4, -0.2) is 30.6 Å². The van der Waals surface area contributed by atoms with Crippen molar-refractivity contribution >= 4 is 27.9 Å². The van der Waals surface area contributed by atoms with Gasteiger partial charge in [0.25, 0.3) is 4.96 Å². The molecule has 25 heavy (non-hydrogen) atoms. The summed E-state index contributed by atoms with van der Waals surface area (Å²) in [7, 11) is 0. The summed E-state index contributed by atoms with van der Waals surface area (Å²) in [5.41, 5.74) is 2.12. The number of nitrogens with one attached hydrogen (secondary N) is 1. The molecule has 8 nitrogen and oxygen atoms in total. The molecule has 0 fully saturated rings. The van der Waals surface area contributed by atoms with Gasteiger partial charge in [0.15, 0.2) is 0 Å². The molecule has 4 rings (SSSR count). The van der Waals surface area contributed by atoms with Gasteiger partial charge in [-0.3, -0.25) is 0 Å². The minimum atomic E-state index is -0.409. The first-order chi connectivity index (χ1) is 12.2. The Morgan fingerprint density at radius 3 is 2.80 bits per heavy atom.